The molecule has 0 radical (unpaired) electrons. The number of fused-ring (bicyclic) bond motifs is 1. The highest BCUT2D eigenvalue weighted by Gasteiger charge is 2.21. The fourth-order valence-electron chi connectivity index (χ4n) is 4.41. The molecule has 0 aromatic heterocycles. The van der Waals surface area contributed by atoms with Crippen molar-refractivity contribution in [1.29, 1.82) is 0 Å². The normalized spacial score (nSPS) is 15.8. The highest BCUT2D eigenvalue weighted by atomic mass is 35.5. The fourth-order valence-corrected chi connectivity index (χ4v) is 4.41. The Morgan fingerprint density at radius 3 is 2.44 bits per heavy atom. The van der Waals surface area contributed by atoms with Crippen molar-refractivity contribution in [2.24, 2.45) is 0 Å². The molecule has 0 saturated heterocycles. The number of nitrogens with one attached hydrogen (secondary N) is 1. The van der Waals surface area contributed by atoms with Crippen LogP contribution in [0.1, 0.15) is 53.4 Å². The van der Waals surface area contributed by atoms with Gasteiger partial charge in [-0.15, -0.1) is 12.4 Å². The number of carbonyl (C=O) groups is 1. The Hall–Kier alpha value is -2.86. The van der Waals surface area contributed by atoms with E-state index in [9.17, 15) is 15.0 Å². The molecule has 0 heterocycles. The van der Waals surface area contributed by atoms with Gasteiger partial charge in [0.1, 0.15) is 11.3 Å². The molecule has 0 fully saturated rings. The van der Waals surface area contributed by atoms with E-state index in [-0.39, 0.29) is 24.1 Å². The predicted octanol–water partition coefficient (Wildman–Crippen LogP) is 5.44. The molecule has 0 spiro atoms. The summed E-state index contributed by atoms with van der Waals surface area (Å²) in [6, 6.07) is 21.8. The molecule has 0 bridgehead atoms. The number of ether oxygens (including phenoxy) is 1. The summed E-state index contributed by atoms with van der Waals surface area (Å²) >= 11 is 0. The standard InChI is InChI=1S/C28H31NO4.ClH/c1-18(2)33-27-16-22(11-13-25(27)28(31)32)21-9-8-19-10-12-24(15-23(19)14-21)29-17-26(30)20-6-4-3-5-7-20;/h3-9,11,13-14,16,18,24,26,29-30H,10,12,15,17H2,1-2H3,(H,31,32);1H/t24-,26-;/m0./s1. The molecule has 0 amide bonds. The summed E-state index contributed by atoms with van der Waals surface area (Å²) in [7, 11) is 0. The fraction of sp³-hybridized carbons (Fsp3) is 0.321. The van der Waals surface area contributed by atoms with Gasteiger partial charge in [-0.05, 0) is 73.1 Å². The molecule has 2 atom stereocenters. The van der Waals surface area contributed by atoms with Crippen LogP contribution < -0.4 is 10.1 Å². The topological polar surface area (TPSA) is 78.8 Å². The quantitative estimate of drug-likeness (QED) is 0.399. The Labute approximate surface area is 207 Å². The highest BCUT2D eigenvalue weighted by molar-refractivity contribution is 5.92. The Morgan fingerprint density at radius 1 is 1.03 bits per heavy atom. The van der Waals surface area contributed by atoms with Crippen molar-refractivity contribution in [1.82, 2.24) is 5.32 Å². The number of hydrogen-bond donors (Lipinski definition) is 3. The van der Waals surface area contributed by atoms with Crippen LogP contribution in [0.4, 0.5) is 0 Å². The second-order valence-corrected chi connectivity index (χ2v) is 8.94. The highest BCUT2D eigenvalue weighted by Crippen LogP contribution is 2.32. The van der Waals surface area contributed by atoms with Crippen molar-refractivity contribution in [2.75, 3.05) is 6.54 Å². The maximum Gasteiger partial charge on any atom is 0.339 e. The Morgan fingerprint density at radius 2 is 1.74 bits per heavy atom. The van der Waals surface area contributed by atoms with Crippen LogP contribution in [-0.2, 0) is 12.8 Å². The van der Waals surface area contributed by atoms with E-state index >= 15 is 0 Å². The van der Waals surface area contributed by atoms with E-state index in [0.717, 1.165) is 36.0 Å². The Balaban J connectivity index is 0.00000324. The lowest BCUT2D eigenvalue weighted by Gasteiger charge is -2.27. The molecule has 180 valence electrons. The van der Waals surface area contributed by atoms with Crippen molar-refractivity contribution in [3.8, 4) is 16.9 Å². The van der Waals surface area contributed by atoms with Crippen LogP contribution in [0.25, 0.3) is 11.1 Å². The summed E-state index contributed by atoms with van der Waals surface area (Å²) in [4.78, 5) is 11.6. The van der Waals surface area contributed by atoms with E-state index in [0.29, 0.717) is 18.3 Å². The van der Waals surface area contributed by atoms with Crippen LogP contribution in [-0.4, -0.2) is 34.9 Å². The van der Waals surface area contributed by atoms with Gasteiger partial charge in [0.2, 0.25) is 0 Å². The smallest absolute Gasteiger partial charge is 0.339 e. The maximum absolute atomic E-state index is 11.6. The van der Waals surface area contributed by atoms with Crippen molar-refractivity contribution in [3.05, 3.63) is 89.0 Å². The summed E-state index contributed by atoms with van der Waals surface area (Å²) in [5.74, 6) is -0.601. The molecular weight excluding hydrogens is 450 g/mol. The molecule has 5 nitrogen and oxygen atoms in total. The molecular formula is C28H32ClNO4. The molecule has 3 N–H and O–H groups in total. The molecule has 0 aliphatic heterocycles. The van der Waals surface area contributed by atoms with E-state index in [2.05, 4.69) is 23.5 Å². The first-order valence-electron chi connectivity index (χ1n) is 11.5. The number of rotatable bonds is 8. The summed E-state index contributed by atoms with van der Waals surface area (Å²) in [5, 5.41) is 23.5. The summed E-state index contributed by atoms with van der Waals surface area (Å²) in [5.41, 5.74) is 5.72. The van der Waals surface area contributed by atoms with Gasteiger partial charge in [-0.2, -0.15) is 0 Å². The average molecular weight is 482 g/mol. The second-order valence-electron chi connectivity index (χ2n) is 8.94. The third-order valence-corrected chi connectivity index (χ3v) is 6.13. The molecule has 34 heavy (non-hydrogen) atoms. The molecule has 1 aliphatic carbocycles. The monoisotopic (exact) mass is 481 g/mol. The van der Waals surface area contributed by atoms with E-state index in [1.54, 1.807) is 6.07 Å². The first-order chi connectivity index (χ1) is 15.9. The zero-order valence-corrected chi connectivity index (χ0v) is 20.3. The van der Waals surface area contributed by atoms with Gasteiger partial charge in [-0.1, -0.05) is 54.6 Å². The molecule has 1 aliphatic rings. The van der Waals surface area contributed by atoms with Crippen LogP contribution in [0.5, 0.6) is 5.75 Å². The third kappa shape index (κ3) is 6.17. The lowest BCUT2D eigenvalue weighted by molar-refractivity contribution is 0.0690. The van der Waals surface area contributed by atoms with Crippen molar-refractivity contribution in [2.45, 2.75) is 51.4 Å². The van der Waals surface area contributed by atoms with Gasteiger partial charge in [-0.25, -0.2) is 4.79 Å². The van der Waals surface area contributed by atoms with Crippen molar-refractivity contribution in [3.63, 3.8) is 0 Å². The zero-order valence-electron chi connectivity index (χ0n) is 19.5. The summed E-state index contributed by atoms with van der Waals surface area (Å²) < 4.78 is 5.77. The van der Waals surface area contributed by atoms with E-state index in [1.807, 2.05) is 56.3 Å². The van der Waals surface area contributed by atoms with Crippen molar-refractivity contribution < 1.29 is 19.7 Å². The molecule has 4 rings (SSSR count). The molecule has 0 saturated carbocycles. The Kier molecular flexibility index (Phi) is 8.72. The molecule has 3 aromatic rings. The molecule has 0 unspecified atom stereocenters. The lowest BCUT2D eigenvalue weighted by atomic mass is 9.86. The summed E-state index contributed by atoms with van der Waals surface area (Å²) in [6.07, 6.45) is 2.29. The first kappa shape index (κ1) is 25.8. The van der Waals surface area contributed by atoms with Gasteiger partial charge in [-0.3, -0.25) is 0 Å². The van der Waals surface area contributed by atoms with Crippen LogP contribution >= 0.6 is 12.4 Å². The average Bonchev–Trinajstić information content (AvgIpc) is 2.82. The first-order valence-corrected chi connectivity index (χ1v) is 11.5. The van der Waals surface area contributed by atoms with Gasteiger partial charge < -0.3 is 20.3 Å². The minimum Gasteiger partial charge on any atom is -0.490 e. The number of hydrogen-bond acceptors (Lipinski definition) is 4. The predicted molar refractivity (Wildman–Crippen MR) is 137 cm³/mol. The minimum atomic E-state index is -0.991. The van der Waals surface area contributed by atoms with Crippen LogP contribution in [0.3, 0.4) is 0 Å². The van der Waals surface area contributed by atoms with E-state index in [1.165, 1.54) is 11.1 Å². The van der Waals surface area contributed by atoms with Gasteiger partial charge in [0.15, 0.2) is 0 Å². The minimum absolute atomic E-state index is 0. The van der Waals surface area contributed by atoms with Crippen LogP contribution in [0, 0.1) is 0 Å². The van der Waals surface area contributed by atoms with Crippen LogP contribution in [0.2, 0.25) is 0 Å². The number of halogens is 1. The van der Waals surface area contributed by atoms with Gasteiger partial charge in [0.05, 0.1) is 12.2 Å². The zero-order chi connectivity index (χ0) is 23.4. The third-order valence-electron chi connectivity index (χ3n) is 6.13. The number of aliphatic hydroxyl groups excluding tert-OH is 1. The lowest BCUT2D eigenvalue weighted by Crippen LogP contribution is -2.37. The second kappa shape index (κ2) is 11.5. The number of aryl methyl sites for hydroxylation is 1. The van der Waals surface area contributed by atoms with Crippen LogP contribution in [0.15, 0.2) is 66.7 Å². The largest absolute Gasteiger partial charge is 0.490 e. The number of benzene rings is 3. The Bertz CT molecular complexity index is 1120. The molecule has 6 heteroatoms. The number of carboxylic acids is 1. The number of aliphatic hydroxyl groups is 1. The number of carboxylic acid groups (broad SMARTS) is 1. The van der Waals surface area contributed by atoms with Gasteiger partial charge >= 0.3 is 5.97 Å². The van der Waals surface area contributed by atoms with Crippen molar-refractivity contribution >= 4 is 18.4 Å². The van der Waals surface area contributed by atoms with E-state index in [4.69, 9.17) is 4.74 Å². The number of aromatic carboxylic acids is 1. The maximum atomic E-state index is 11.6. The molecule has 3 aromatic carbocycles. The van der Waals surface area contributed by atoms with Gasteiger partial charge in [0, 0.05) is 12.6 Å². The van der Waals surface area contributed by atoms with E-state index < -0.39 is 12.1 Å². The summed E-state index contributed by atoms with van der Waals surface area (Å²) in [6.45, 7) is 4.30. The van der Waals surface area contributed by atoms with Gasteiger partial charge in [0.25, 0.3) is 0 Å². The SMILES string of the molecule is CC(C)Oc1cc(-c2ccc3c(c2)C[C@@H](NC[C@H](O)c2ccccc2)CC3)ccc1C(=O)O.Cl.